The molecule has 0 aliphatic heterocycles. The number of unbranched alkanes of at least 4 members (excludes halogenated alkanes) is 1. The fourth-order valence-corrected chi connectivity index (χ4v) is 5.40. The number of rotatable bonds is 9. The van der Waals surface area contributed by atoms with E-state index in [1.54, 1.807) is 0 Å². The number of fused-ring (bicyclic) bond motifs is 2. The zero-order valence-corrected chi connectivity index (χ0v) is 18.8. The van der Waals surface area contributed by atoms with Crippen molar-refractivity contribution in [1.82, 2.24) is 5.43 Å². The van der Waals surface area contributed by atoms with Crippen molar-refractivity contribution in [2.45, 2.75) is 59.3 Å². The van der Waals surface area contributed by atoms with Crippen LogP contribution in [0.5, 0.6) is 0 Å². The van der Waals surface area contributed by atoms with Gasteiger partial charge in [-0.15, -0.1) is 0 Å². The van der Waals surface area contributed by atoms with Crippen molar-refractivity contribution in [2.75, 3.05) is 5.32 Å². The van der Waals surface area contributed by atoms with E-state index in [0.29, 0.717) is 35.5 Å². The maximum Gasteiger partial charge on any atom is 0.339 e. The van der Waals surface area contributed by atoms with Crippen LogP contribution in [0.3, 0.4) is 0 Å². The van der Waals surface area contributed by atoms with Crippen LogP contribution in [0.2, 0.25) is 0 Å². The molecule has 3 N–H and O–H groups in total. The molecule has 0 aromatic heterocycles. The van der Waals surface area contributed by atoms with Crippen molar-refractivity contribution in [3.63, 3.8) is 0 Å². The molecule has 2 unspecified atom stereocenters. The number of carboxylic acids is 1. The minimum atomic E-state index is -0.737. The molecule has 6 heteroatoms. The summed E-state index contributed by atoms with van der Waals surface area (Å²) in [6.07, 6.45) is 9.39. The molecule has 3 aliphatic carbocycles. The average molecular weight is 426 g/mol. The number of aliphatic carboxylic acids is 1. The number of benzene rings is 1. The van der Waals surface area contributed by atoms with Crippen LogP contribution in [0, 0.1) is 29.1 Å². The van der Waals surface area contributed by atoms with E-state index >= 15 is 0 Å². The van der Waals surface area contributed by atoms with Crippen LogP contribution in [-0.4, -0.2) is 22.8 Å². The first-order valence-corrected chi connectivity index (χ1v) is 11.3. The highest BCUT2D eigenvalue weighted by molar-refractivity contribution is 5.91. The van der Waals surface area contributed by atoms with Gasteiger partial charge in [-0.3, -0.25) is 4.79 Å². The van der Waals surface area contributed by atoms with Crippen LogP contribution < -0.4 is 10.7 Å². The molecule has 4 rings (SSSR count). The molecule has 1 aromatic rings. The van der Waals surface area contributed by atoms with E-state index in [9.17, 15) is 9.59 Å². The van der Waals surface area contributed by atoms with Gasteiger partial charge in [0.15, 0.2) is 0 Å². The summed E-state index contributed by atoms with van der Waals surface area (Å²) >= 11 is 0. The first-order valence-electron chi connectivity index (χ1n) is 11.3. The first kappa shape index (κ1) is 23.0. The SMILES string of the molecule is CC(=NNC(=O)Nc1ccccc1)[C@@H]1CC2CC([C@H]1CC=CCCCC(=O)O)C2(C)C. The molecule has 0 heterocycles. The molecule has 31 heavy (non-hydrogen) atoms. The Labute approximate surface area is 185 Å². The van der Waals surface area contributed by atoms with Crippen LogP contribution in [0.25, 0.3) is 0 Å². The Balaban J connectivity index is 1.59. The quantitative estimate of drug-likeness (QED) is 0.206. The van der Waals surface area contributed by atoms with Crippen molar-refractivity contribution < 1.29 is 14.7 Å². The number of hydrogen-bond donors (Lipinski definition) is 3. The van der Waals surface area contributed by atoms with Crippen molar-refractivity contribution in [1.29, 1.82) is 0 Å². The normalized spacial score (nSPS) is 26.9. The number of para-hydroxylation sites is 1. The van der Waals surface area contributed by atoms with Gasteiger partial charge in [-0.1, -0.05) is 44.2 Å². The maximum absolute atomic E-state index is 12.2. The number of nitrogens with one attached hydrogen (secondary N) is 2. The van der Waals surface area contributed by atoms with Crippen LogP contribution in [0.15, 0.2) is 47.6 Å². The van der Waals surface area contributed by atoms with E-state index in [2.05, 4.69) is 41.8 Å². The van der Waals surface area contributed by atoms with E-state index in [0.717, 1.165) is 30.7 Å². The Kier molecular flexibility index (Phi) is 7.52. The molecule has 0 radical (unpaired) electrons. The van der Waals surface area contributed by atoms with Crippen molar-refractivity contribution in [3.8, 4) is 0 Å². The minimum Gasteiger partial charge on any atom is -0.481 e. The minimum absolute atomic E-state index is 0.218. The van der Waals surface area contributed by atoms with Crippen LogP contribution in [0.4, 0.5) is 10.5 Å². The van der Waals surface area contributed by atoms with Gasteiger partial charge in [-0.05, 0) is 74.3 Å². The van der Waals surface area contributed by atoms with E-state index in [1.807, 2.05) is 37.3 Å². The van der Waals surface area contributed by atoms with E-state index in [4.69, 9.17) is 5.11 Å². The number of hydrogen-bond acceptors (Lipinski definition) is 3. The summed E-state index contributed by atoms with van der Waals surface area (Å²) in [5, 5.41) is 16.0. The molecule has 3 saturated carbocycles. The largest absolute Gasteiger partial charge is 0.481 e. The highest BCUT2D eigenvalue weighted by Crippen LogP contribution is 2.64. The van der Waals surface area contributed by atoms with Crippen molar-refractivity contribution >= 4 is 23.4 Å². The number of anilines is 1. The standard InChI is InChI=1S/C25H35N3O3/c1-17(27-28-24(31)26-19-11-7-6-8-12-19)21-15-18-16-22(25(18,2)3)20(21)13-9-4-5-10-14-23(29)30/h4,6-9,11-12,18,20-22H,5,10,13-16H2,1-3H3,(H,29,30)(H2,26,28,31)/t18?,20-,21-,22?/m0/s1. The number of nitrogens with zero attached hydrogens (tertiary/aromatic N) is 1. The highest BCUT2D eigenvalue weighted by Gasteiger charge is 2.57. The predicted octanol–water partition coefficient (Wildman–Crippen LogP) is 5.68. The number of hydrazone groups is 1. The first-order chi connectivity index (χ1) is 14.8. The Morgan fingerprint density at radius 2 is 1.94 bits per heavy atom. The number of carbonyl (C=O) groups is 2. The second-order valence-corrected chi connectivity index (χ2v) is 9.54. The third kappa shape index (κ3) is 5.75. The lowest BCUT2D eigenvalue weighted by molar-refractivity contribution is -0.137. The van der Waals surface area contributed by atoms with Crippen LogP contribution in [-0.2, 0) is 4.79 Å². The number of carboxylic acid groups (broad SMARTS) is 1. The molecule has 3 aliphatic rings. The summed E-state index contributed by atoms with van der Waals surface area (Å²) in [7, 11) is 0. The van der Waals surface area contributed by atoms with Gasteiger partial charge in [0.25, 0.3) is 0 Å². The zero-order valence-electron chi connectivity index (χ0n) is 18.8. The van der Waals surface area contributed by atoms with Gasteiger partial charge in [0.1, 0.15) is 0 Å². The Hall–Kier alpha value is -2.63. The summed E-state index contributed by atoms with van der Waals surface area (Å²) in [4.78, 5) is 22.9. The van der Waals surface area contributed by atoms with Gasteiger partial charge in [0.05, 0.1) is 0 Å². The Bertz CT molecular complexity index is 832. The summed E-state index contributed by atoms with van der Waals surface area (Å²) in [6, 6.07) is 9.00. The molecule has 6 nitrogen and oxygen atoms in total. The van der Waals surface area contributed by atoms with Crippen molar-refractivity contribution in [2.24, 2.45) is 34.2 Å². The second kappa shape index (κ2) is 10.1. The predicted molar refractivity (Wildman–Crippen MR) is 124 cm³/mol. The lowest BCUT2D eigenvalue weighted by atomic mass is 9.42. The number of urea groups is 1. The summed E-state index contributed by atoms with van der Waals surface area (Å²) in [5.41, 5.74) is 4.74. The lowest BCUT2D eigenvalue weighted by Gasteiger charge is -2.62. The molecule has 2 amide bonds. The third-order valence-electron chi connectivity index (χ3n) is 7.36. The smallest absolute Gasteiger partial charge is 0.339 e. The molecule has 168 valence electrons. The van der Waals surface area contributed by atoms with Gasteiger partial charge >= 0.3 is 12.0 Å². The molecule has 0 saturated heterocycles. The van der Waals surface area contributed by atoms with Gasteiger partial charge in [0, 0.05) is 23.7 Å². The molecule has 4 atom stereocenters. The summed E-state index contributed by atoms with van der Waals surface area (Å²) in [5.74, 6) is 1.49. The fourth-order valence-electron chi connectivity index (χ4n) is 5.40. The molecular formula is C25H35N3O3. The van der Waals surface area contributed by atoms with Gasteiger partial charge in [0.2, 0.25) is 0 Å². The van der Waals surface area contributed by atoms with E-state index in [-0.39, 0.29) is 12.5 Å². The van der Waals surface area contributed by atoms with Gasteiger partial charge in [-0.25, -0.2) is 10.2 Å². The summed E-state index contributed by atoms with van der Waals surface area (Å²) < 4.78 is 0. The molecule has 1 aromatic carbocycles. The number of allylic oxidation sites excluding steroid dienone is 2. The number of amides is 2. The van der Waals surface area contributed by atoms with E-state index in [1.165, 1.54) is 6.42 Å². The lowest BCUT2D eigenvalue weighted by Crippen LogP contribution is -2.56. The topological polar surface area (TPSA) is 90.8 Å². The summed E-state index contributed by atoms with van der Waals surface area (Å²) in [6.45, 7) is 6.78. The second-order valence-electron chi connectivity index (χ2n) is 9.54. The van der Waals surface area contributed by atoms with Crippen LogP contribution >= 0.6 is 0 Å². The third-order valence-corrected chi connectivity index (χ3v) is 7.36. The highest BCUT2D eigenvalue weighted by atomic mass is 16.4. The molecule has 0 spiro atoms. The molecular weight excluding hydrogens is 390 g/mol. The Morgan fingerprint density at radius 3 is 2.61 bits per heavy atom. The average Bonchev–Trinajstić information content (AvgIpc) is 2.74. The molecule has 2 bridgehead atoms. The monoisotopic (exact) mass is 425 g/mol. The molecule has 3 fully saturated rings. The van der Waals surface area contributed by atoms with Crippen LogP contribution in [0.1, 0.15) is 59.3 Å². The van der Waals surface area contributed by atoms with Gasteiger partial charge < -0.3 is 10.4 Å². The van der Waals surface area contributed by atoms with Crippen molar-refractivity contribution in [3.05, 3.63) is 42.5 Å². The zero-order chi connectivity index (χ0) is 22.4. The maximum atomic E-state index is 12.2. The van der Waals surface area contributed by atoms with E-state index < -0.39 is 5.97 Å². The van der Waals surface area contributed by atoms with Gasteiger partial charge in [-0.2, -0.15) is 5.10 Å². The Morgan fingerprint density at radius 1 is 1.19 bits per heavy atom. The number of carbonyl (C=O) groups excluding carboxylic acids is 1. The fraction of sp³-hybridized carbons (Fsp3) is 0.560.